The average molecular weight is 199 g/mol. The number of ketones is 1. The van der Waals surface area contributed by atoms with Crippen LogP contribution in [-0.4, -0.2) is 32.4 Å². The van der Waals surface area contributed by atoms with E-state index in [2.05, 4.69) is 0 Å². The molecule has 1 heterocycles. The molecule has 0 amide bonds. The van der Waals surface area contributed by atoms with Crippen molar-refractivity contribution >= 4 is 20.7 Å². The predicted molar refractivity (Wildman–Crippen MR) is 55.8 cm³/mol. The van der Waals surface area contributed by atoms with Crippen LogP contribution in [0.25, 0.3) is 0 Å². The van der Waals surface area contributed by atoms with Gasteiger partial charge in [0.25, 0.3) is 0 Å². The lowest BCUT2D eigenvalue weighted by molar-refractivity contribution is 0.106. The smallest absolute Gasteiger partial charge is 0.210 e. The molecule has 1 aromatic rings. The van der Waals surface area contributed by atoms with Gasteiger partial charge in [0, 0.05) is 31.1 Å². The summed E-state index contributed by atoms with van der Waals surface area (Å²) in [4.78, 5) is 11.5. The first-order valence-corrected chi connectivity index (χ1v) is 6.28. The molecule has 0 unspecified atom stereocenters. The Bertz CT molecular complexity index is 428. The highest BCUT2D eigenvalue weighted by atomic mass is 32.2. The van der Waals surface area contributed by atoms with Crippen LogP contribution in [0.2, 0.25) is 0 Å². The van der Waals surface area contributed by atoms with E-state index in [9.17, 15) is 9.00 Å². The number of rotatable bonds is 2. The van der Waals surface area contributed by atoms with E-state index in [0.717, 1.165) is 0 Å². The Morgan fingerprint density at radius 2 is 2.15 bits per heavy atom. The van der Waals surface area contributed by atoms with Gasteiger partial charge < -0.3 is 4.57 Å². The molecule has 0 saturated carbocycles. The molecule has 3 nitrogen and oxygen atoms in total. The van der Waals surface area contributed by atoms with Gasteiger partial charge in [-0.15, -0.1) is 0 Å². The van der Waals surface area contributed by atoms with E-state index in [4.69, 9.17) is 0 Å². The molecule has 0 aromatic carbocycles. The number of carbonyl (C=O) groups is 1. The fourth-order valence-electron chi connectivity index (χ4n) is 1.04. The minimum absolute atomic E-state index is 0.178. The van der Waals surface area contributed by atoms with E-state index >= 15 is 0 Å². The Labute approximate surface area is 78.4 Å². The van der Waals surface area contributed by atoms with Gasteiger partial charge in [0.1, 0.15) is 0 Å². The van der Waals surface area contributed by atoms with Crippen LogP contribution >= 0.6 is 0 Å². The minimum Gasteiger partial charge on any atom is -0.348 e. The number of nitrogens with zero attached hydrogens (tertiary/aromatic N) is 1. The van der Waals surface area contributed by atoms with Crippen molar-refractivity contribution < 1.29 is 9.00 Å². The molecule has 0 spiro atoms. The first kappa shape index (κ1) is 10.1. The Balaban J connectivity index is 3.08. The molecule has 0 radical (unpaired) electrons. The van der Waals surface area contributed by atoms with Crippen molar-refractivity contribution in [3.8, 4) is 0 Å². The van der Waals surface area contributed by atoms with Crippen molar-refractivity contribution in [2.75, 3.05) is 12.5 Å². The summed E-state index contributed by atoms with van der Waals surface area (Å²) in [6.45, 7) is 0. The maximum atomic E-state index is 11.5. The van der Waals surface area contributed by atoms with Crippen molar-refractivity contribution in [3.63, 3.8) is 0 Å². The highest BCUT2D eigenvalue weighted by Gasteiger charge is 2.06. The molecule has 1 aromatic heterocycles. The monoisotopic (exact) mass is 199 g/mol. The number of aryl methyl sites for hydroxylation is 1. The van der Waals surface area contributed by atoms with Crippen molar-refractivity contribution in [3.05, 3.63) is 24.0 Å². The van der Waals surface area contributed by atoms with Crippen molar-refractivity contribution in [2.24, 2.45) is 7.05 Å². The summed E-state index contributed by atoms with van der Waals surface area (Å²) in [5.74, 6) is -0.178. The lowest BCUT2D eigenvalue weighted by atomic mass is 10.3. The van der Waals surface area contributed by atoms with Crippen molar-refractivity contribution in [1.82, 2.24) is 4.57 Å². The zero-order valence-electron chi connectivity index (χ0n) is 7.98. The summed E-state index contributed by atoms with van der Waals surface area (Å²) in [5, 5.41) is 1.28. The maximum absolute atomic E-state index is 11.5. The molecule has 1 rings (SSSR count). The Kier molecular flexibility index (Phi) is 2.61. The highest BCUT2D eigenvalue weighted by molar-refractivity contribution is 8.01. The predicted octanol–water partition coefficient (Wildman–Crippen LogP) is 0.554. The minimum atomic E-state index is -2.10. The Morgan fingerprint density at radius 3 is 2.54 bits per heavy atom. The van der Waals surface area contributed by atoms with Gasteiger partial charge in [-0.3, -0.25) is 9.00 Å². The third kappa shape index (κ3) is 2.73. The second-order valence-corrected chi connectivity index (χ2v) is 6.15. The standard InChI is InChI=1S/C9H13NO2S/c1-10-6-4-5-8(10)9(11)7-13(2,3)12/h4-7H,1-3H3. The van der Waals surface area contributed by atoms with Gasteiger partial charge >= 0.3 is 0 Å². The molecule has 4 heteroatoms. The van der Waals surface area contributed by atoms with Crippen LogP contribution < -0.4 is 0 Å². The van der Waals surface area contributed by atoms with Crippen LogP contribution in [0, 0.1) is 0 Å². The van der Waals surface area contributed by atoms with Gasteiger partial charge in [-0.1, -0.05) is 0 Å². The first-order chi connectivity index (χ1) is 5.90. The lowest BCUT2D eigenvalue weighted by Crippen LogP contribution is -2.11. The SMILES string of the molecule is Cn1cccc1C(=O)C=S(C)(C)=O. The maximum Gasteiger partial charge on any atom is 0.210 e. The molecule has 0 atom stereocenters. The van der Waals surface area contributed by atoms with E-state index in [-0.39, 0.29) is 5.78 Å². The molecule has 0 aliphatic carbocycles. The fraction of sp³-hybridized carbons (Fsp3) is 0.333. The van der Waals surface area contributed by atoms with E-state index in [1.54, 1.807) is 42.5 Å². The van der Waals surface area contributed by atoms with Crippen LogP contribution in [0.3, 0.4) is 0 Å². The van der Waals surface area contributed by atoms with Gasteiger partial charge in [-0.25, -0.2) is 0 Å². The van der Waals surface area contributed by atoms with Crippen LogP contribution in [0.4, 0.5) is 0 Å². The molecular weight excluding hydrogens is 186 g/mol. The topological polar surface area (TPSA) is 39.1 Å². The first-order valence-electron chi connectivity index (χ1n) is 3.85. The molecule has 0 fully saturated rings. The highest BCUT2D eigenvalue weighted by Crippen LogP contribution is 1.99. The second kappa shape index (κ2) is 3.38. The summed E-state index contributed by atoms with van der Waals surface area (Å²) >= 11 is 0. The van der Waals surface area contributed by atoms with Gasteiger partial charge in [0.2, 0.25) is 5.78 Å². The molecule has 0 bridgehead atoms. The third-order valence-corrected chi connectivity index (χ3v) is 2.37. The normalized spacial score (nSPS) is 11.3. The van der Waals surface area contributed by atoms with E-state index in [1.807, 2.05) is 0 Å². The van der Waals surface area contributed by atoms with E-state index in [1.165, 1.54) is 5.37 Å². The summed E-state index contributed by atoms with van der Waals surface area (Å²) in [6.07, 6.45) is 4.88. The zero-order chi connectivity index (χ0) is 10.1. The number of hydrogen-bond donors (Lipinski definition) is 0. The van der Waals surface area contributed by atoms with E-state index in [0.29, 0.717) is 5.69 Å². The molecule has 72 valence electrons. The largest absolute Gasteiger partial charge is 0.348 e. The Morgan fingerprint density at radius 1 is 1.54 bits per heavy atom. The van der Waals surface area contributed by atoms with Crippen LogP contribution in [0.5, 0.6) is 0 Å². The quantitative estimate of drug-likeness (QED) is 0.515. The van der Waals surface area contributed by atoms with E-state index < -0.39 is 9.52 Å². The molecule has 0 aliphatic heterocycles. The summed E-state index contributed by atoms with van der Waals surface area (Å²) < 4.78 is 13.0. The lowest BCUT2D eigenvalue weighted by Gasteiger charge is -1.98. The number of carbonyl (C=O) groups excluding carboxylic acids is 1. The third-order valence-electron chi connectivity index (χ3n) is 1.59. The summed E-state index contributed by atoms with van der Waals surface area (Å²) in [5.41, 5.74) is 0.566. The van der Waals surface area contributed by atoms with Crippen LogP contribution in [-0.2, 0) is 16.6 Å². The van der Waals surface area contributed by atoms with Crippen molar-refractivity contribution in [1.29, 1.82) is 0 Å². The number of Topliss-reactive ketones (excluding diaryl/α,β-unsaturated/α-hetero) is 1. The molecule has 0 aliphatic rings. The van der Waals surface area contributed by atoms with Gasteiger partial charge in [-0.2, -0.15) is 0 Å². The van der Waals surface area contributed by atoms with Gasteiger partial charge in [0.05, 0.1) is 5.69 Å². The molecule has 0 saturated heterocycles. The van der Waals surface area contributed by atoms with Crippen molar-refractivity contribution in [2.45, 2.75) is 0 Å². The van der Waals surface area contributed by atoms with Crippen LogP contribution in [0.1, 0.15) is 10.5 Å². The fourth-order valence-corrected chi connectivity index (χ4v) is 1.67. The zero-order valence-corrected chi connectivity index (χ0v) is 8.80. The van der Waals surface area contributed by atoms with Crippen LogP contribution in [0.15, 0.2) is 18.3 Å². The summed E-state index contributed by atoms with van der Waals surface area (Å²) in [7, 11) is -0.318. The molecule has 0 N–H and O–H groups in total. The van der Waals surface area contributed by atoms with Gasteiger partial charge in [-0.05, 0) is 21.7 Å². The second-order valence-electron chi connectivity index (χ2n) is 3.30. The summed E-state index contributed by atoms with van der Waals surface area (Å²) in [6, 6.07) is 3.50. The number of hydrogen-bond acceptors (Lipinski definition) is 2. The molecular formula is C9H13NO2S. The average Bonchev–Trinajstić information content (AvgIpc) is 2.30. The van der Waals surface area contributed by atoms with Gasteiger partial charge in [0.15, 0.2) is 0 Å². The molecule has 13 heavy (non-hydrogen) atoms. The Hall–Kier alpha value is -1.03. The number of aromatic nitrogens is 1.